The molecule has 1 unspecified atom stereocenters. The molecule has 2 rings (SSSR count). The lowest BCUT2D eigenvalue weighted by molar-refractivity contribution is -0.122. The smallest absolute Gasteiger partial charge is 0.251 e. The first-order valence-corrected chi connectivity index (χ1v) is 12.5. The SMILES string of the molecule is CNC(=O)C(CC(C)C)NC(=O)c1ccc(CNS(=O)(=O)c2ccc(C(C)(C)C)cc2)cc1. The first-order chi connectivity index (χ1) is 15.3. The molecule has 0 heterocycles. The van der Waals surface area contributed by atoms with E-state index in [4.69, 9.17) is 0 Å². The number of hydrogen-bond donors (Lipinski definition) is 3. The summed E-state index contributed by atoms with van der Waals surface area (Å²) in [6.07, 6.45) is 0.530. The van der Waals surface area contributed by atoms with Crippen molar-refractivity contribution in [1.29, 1.82) is 0 Å². The lowest BCUT2D eigenvalue weighted by Crippen LogP contribution is -2.46. The van der Waals surface area contributed by atoms with Gasteiger partial charge >= 0.3 is 0 Å². The summed E-state index contributed by atoms with van der Waals surface area (Å²) in [5.74, 6) is -0.346. The number of sulfonamides is 1. The molecule has 2 aromatic rings. The number of nitrogens with one attached hydrogen (secondary N) is 3. The van der Waals surface area contributed by atoms with Gasteiger partial charge in [0, 0.05) is 19.2 Å². The summed E-state index contributed by atoms with van der Waals surface area (Å²) in [7, 11) is -2.12. The molecule has 7 nitrogen and oxygen atoms in total. The Morgan fingerprint density at radius 1 is 0.939 bits per heavy atom. The zero-order valence-electron chi connectivity index (χ0n) is 20.2. The van der Waals surface area contributed by atoms with Gasteiger partial charge in [-0.25, -0.2) is 13.1 Å². The van der Waals surface area contributed by atoms with Crippen molar-refractivity contribution in [3.8, 4) is 0 Å². The van der Waals surface area contributed by atoms with Crippen molar-refractivity contribution in [2.24, 2.45) is 5.92 Å². The second-order valence-corrected chi connectivity index (χ2v) is 11.3. The third kappa shape index (κ3) is 7.68. The van der Waals surface area contributed by atoms with Gasteiger partial charge in [-0.1, -0.05) is 58.9 Å². The molecule has 0 saturated carbocycles. The monoisotopic (exact) mass is 473 g/mol. The molecule has 1 atom stereocenters. The summed E-state index contributed by atoms with van der Waals surface area (Å²) >= 11 is 0. The van der Waals surface area contributed by atoms with Gasteiger partial charge < -0.3 is 10.6 Å². The van der Waals surface area contributed by atoms with Crippen LogP contribution in [-0.4, -0.2) is 33.3 Å². The number of benzene rings is 2. The van der Waals surface area contributed by atoms with Gasteiger partial charge in [-0.3, -0.25) is 9.59 Å². The van der Waals surface area contributed by atoms with E-state index in [1.54, 1.807) is 36.4 Å². The highest BCUT2D eigenvalue weighted by Gasteiger charge is 2.22. The molecule has 2 aromatic carbocycles. The van der Waals surface area contributed by atoms with Gasteiger partial charge in [0.25, 0.3) is 5.91 Å². The van der Waals surface area contributed by atoms with Crippen molar-refractivity contribution in [1.82, 2.24) is 15.4 Å². The van der Waals surface area contributed by atoms with Crippen LogP contribution in [0.3, 0.4) is 0 Å². The van der Waals surface area contributed by atoms with E-state index in [2.05, 4.69) is 36.1 Å². The van der Waals surface area contributed by atoms with Crippen molar-refractivity contribution in [2.75, 3.05) is 7.05 Å². The van der Waals surface area contributed by atoms with Crippen LogP contribution < -0.4 is 15.4 Å². The average molecular weight is 474 g/mol. The average Bonchev–Trinajstić information content (AvgIpc) is 2.76. The molecule has 0 fully saturated rings. The van der Waals surface area contributed by atoms with E-state index < -0.39 is 16.1 Å². The third-order valence-electron chi connectivity index (χ3n) is 5.29. The minimum absolute atomic E-state index is 0.0566. The van der Waals surface area contributed by atoms with E-state index in [1.807, 2.05) is 26.0 Å². The minimum Gasteiger partial charge on any atom is -0.357 e. The molecule has 33 heavy (non-hydrogen) atoms. The Morgan fingerprint density at radius 2 is 1.52 bits per heavy atom. The van der Waals surface area contributed by atoms with Crippen LogP contribution in [0.15, 0.2) is 53.4 Å². The normalized spacial score (nSPS) is 12.9. The fourth-order valence-electron chi connectivity index (χ4n) is 3.29. The van der Waals surface area contributed by atoms with Crippen molar-refractivity contribution in [3.63, 3.8) is 0 Å². The topological polar surface area (TPSA) is 104 Å². The largest absolute Gasteiger partial charge is 0.357 e. The van der Waals surface area contributed by atoms with Gasteiger partial charge in [0.2, 0.25) is 15.9 Å². The lowest BCUT2D eigenvalue weighted by Gasteiger charge is -2.19. The molecular weight excluding hydrogens is 438 g/mol. The first kappa shape index (κ1) is 26.5. The quantitative estimate of drug-likeness (QED) is 0.519. The van der Waals surface area contributed by atoms with E-state index in [1.165, 1.54) is 7.05 Å². The van der Waals surface area contributed by atoms with Gasteiger partial charge in [-0.15, -0.1) is 0 Å². The van der Waals surface area contributed by atoms with Gasteiger partial charge in [0.05, 0.1) is 4.90 Å². The zero-order chi connectivity index (χ0) is 24.8. The molecule has 0 aliphatic heterocycles. The summed E-state index contributed by atoms with van der Waals surface area (Å²) < 4.78 is 27.9. The highest BCUT2D eigenvalue weighted by molar-refractivity contribution is 7.89. The molecule has 2 amide bonds. The number of hydrogen-bond acceptors (Lipinski definition) is 4. The number of amides is 2. The molecule has 3 N–H and O–H groups in total. The Morgan fingerprint density at radius 3 is 2.00 bits per heavy atom. The predicted molar refractivity (Wildman–Crippen MR) is 130 cm³/mol. The number of rotatable bonds is 9. The van der Waals surface area contributed by atoms with Crippen LogP contribution in [0.25, 0.3) is 0 Å². The van der Waals surface area contributed by atoms with E-state index in [0.717, 1.165) is 5.56 Å². The molecule has 8 heteroatoms. The van der Waals surface area contributed by atoms with Gasteiger partial charge in [0.15, 0.2) is 0 Å². The van der Waals surface area contributed by atoms with Crippen LogP contribution >= 0.6 is 0 Å². The van der Waals surface area contributed by atoms with E-state index in [9.17, 15) is 18.0 Å². The summed E-state index contributed by atoms with van der Waals surface area (Å²) in [4.78, 5) is 24.8. The Bertz CT molecular complexity index is 1050. The fraction of sp³-hybridized carbons (Fsp3) is 0.440. The maximum Gasteiger partial charge on any atom is 0.251 e. The van der Waals surface area contributed by atoms with E-state index in [0.29, 0.717) is 17.5 Å². The van der Waals surface area contributed by atoms with Crippen molar-refractivity contribution >= 4 is 21.8 Å². The lowest BCUT2D eigenvalue weighted by atomic mass is 9.87. The van der Waals surface area contributed by atoms with Crippen LogP contribution in [0.4, 0.5) is 0 Å². The van der Waals surface area contributed by atoms with Crippen LogP contribution in [0.5, 0.6) is 0 Å². The second kappa shape index (κ2) is 10.9. The van der Waals surface area contributed by atoms with Crippen molar-refractivity contribution in [2.45, 2.75) is 63.9 Å². The molecule has 0 saturated heterocycles. The van der Waals surface area contributed by atoms with Crippen LogP contribution in [0.2, 0.25) is 0 Å². The Labute approximate surface area is 197 Å². The minimum atomic E-state index is -3.66. The Kier molecular flexibility index (Phi) is 8.80. The maximum absolute atomic E-state index is 12.6. The molecule has 0 aliphatic rings. The number of carbonyl (C=O) groups excluding carboxylic acids is 2. The number of likely N-dealkylation sites (N-methyl/N-ethyl adjacent to an activating group) is 1. The van der Waals surface area contributed by atoms with Crippen LogP contribution in [0.1, 0.15) is 62.5 Å². The molecule has 180 valence electrons. The molecular formula is C25H35N3O4S. The molecule has 0 spiro atoms. The molecule has 0 aromatic heterocycles. The summed E-state index contributed by atoms with van der Waals surface area (Å²) in [6, 6.07) is 12.9. The van der Waals surface area contributed by atoms with Gasteiger partial charge in [0.1, 0.15) is 6.04 Å². The third-order valence-corrected chi connectivity index (χ3v) is 6.71. The summed E-state index contributed by atoms with van der Waals surface area (Å²) in [5, 5.41) is 5.34. The highest BCUT2D eigenvalue weighted by Crippen LogP contribution is 2.23. The van der Waals surface area contributed by atoms with Crippen LogP contribution in [0, 0.1) is 5.92 Å². The summed E-state index contributed by atoms with van der Waals surface area (Å²) in [6.45, 7) is 10.3. The fourth-order valence-corrected chi connectivity index (χ4v) is 4.31. The van der Waals surface area contributed by atoms with Gasteiger partial charge in [-0.05, 0) is 53.1 Å². The van der Waals surface area contributed by atoms with Crippen molar-refractivity contribution in [3.05, 3.63) is 65.2 Å². The van der Waals surface area contributed by atoms with Gasteiger partial charge in [-0.2, -0.15) is 0 Å². The Balaban J connectivity index is 2.02. The van der Waals surface area contributed by atoms with E-state index >= 15 is 0 Å². The standard InChI is InChI=1S/C25H35N3O4S/c1-17(2)15-22(24(30)26-6)28-23(29)19-9-7-18(8-10-19)16-27-33(31,32)21-13-11-20(12-14-21)25(3,4)5/h7-14,17,22,27H,15-16H2,1-6H3,(H,26,30)(H,28,29). The second-order valence-electron chi connectivity index (χ2n) is 9.57. The zero-order valence-corrected chi connectivity index (χ0v) is 21.0. The van der Waals surface area contributed by atoms with Crippen LogP contribution in [-0.2, 0) is 26.8 Å². The molecule has 0 radical (unpaired) electrons. The number of carbonyl (C=O) groups is 2. The highest BCUT2D eigenvalue weighted by atomic mass is 32.2. The van der Waals surface area contributed by atoms with E-state index in [-0.39, 0.29) is 34.6 Å². The molecule has 0 bridgehead atoms. The Hall–Kier alpha value is -2.71. The predicted octanol–water partition coefficient (Wildman–Crippen LogP) is 3.35. The summed E-state index contributed by atoms with van der Waals surface area (Å²) in [5.41, 5.74) is 2.12. The first-order valence-electron chi connectivity index (χ1n) is 11.0. The molecule has 0 aliphatic carbocycles. The maximum atomic E-state index is 12.6. The van der Waals surface area contributed by atoms with Crippen molar-refractivity contribution < 1.29 is 18.0 Å².